The lowest BCUT2D eigenvalue weighted by Crippen LogP contribution is -2.11. The summed E-state index contributed by atoms with van der Waals surface area (Å²) in [5.41, 5.74) is 7.69. The molecule has 0 spiro atoms. The highest BCUT2D eigenvalue weighted by atomic mass is 32.1. The lowest BCUT2D eigenvalue weighted by atomic mass is 10.2. The number of anilines is 1. The van der Waals surface area contributed by atoms with Crippen molar-refractivity contribution in [2.24, 2.45) is 0 Å². The highest BCUT2D eigenvalue weighted by Crippen LogP contribution is 2.35. The minimum atomic E-state index is -0.628. The van der Waals surface area contributed by atoms with Crippen LogP contribution in [0, 0.1) is 18.3 Å². The molecule has 8 heteroatoms. The van der Waals surface area contributed by atoms with Crippen LogP contribution in [0.2, 0.25) is 0 Å². The standard InChI is InChI=1S/C16H14N4O3S/c1-8-19-10-4-12(22-2)11(5-13(10)24-8)20-7-9(6-17)14(18)15(20)16(21)23-3/h4-5,7H,18H2,1-3H3. The largest absolute Gasteiger partial charge is 0.494 e. The van der Waals surface area contributed by atoms with Crippen LogP contribution in [0.3, 0.4) is 0 Å². The number of carbonyl (C=O) groups is 1. The van der Waals surface area contributed by atoms with Gasteiger partial charge in [-0.2, -0.15) is 5.26 Å². The van der Waals surface area contributed by atoms with E-state index in [-0.39, 0.29) is 16.9 Å². The zero-order valence-electron chi connectivity index (χ0n) is 13.3. The van der Waals surface area contributed by atoms with Crippen LogP contribution < -0.4 is 10.5 Å². The van der Waals surface area contributed by atoms with E-state index in [0.29, 0.717) is 11.4 Å². The maximum Gasteiger partial charge on any atom is 0.357 e. The molecule has 3 rings (SSSR count). The first-order chi connectivity index (χ1) is 11.5. The van der Waals surface area contributed by atoms with Gasteiger partial charge in [-0.3, -0.25) is 0 Å². The molecule has 0 saturated carbocycles. The third kappa shape index (κ3) is 2.35. The fourth-order valence-electron chi connectivity index (χ4n) is 2.52. The van der Waals surface area contributed by atoms with E-state index < -0.39 is 5.97 Å². The quantitative estimate of drug-likeness (QED) is 0.734. The van der Waals surface area contributed by atoms with Gasteiger partial charge in [-0.15, -0.1) is 11.3 Å². The minimum Gasteiger partial charge on any atom is -0.494 e. The summed E-state index contributed by atoms with van der Waals surface area (Å²) in [6.45, 7) is 1.91. The average Bonchev–Trinajstić information content (AvgIpc) is 3.10. The molecule has 0 radical (unpaired) electrons. The van der Waals surface area contributed by atoms with E-state index in [0.717, 1.165) is 15.2 Å². The number of benzene rings is 1. The summed E-state index contributed by atoms with van der Waals surface area (Å²) in [5.74, 6) is -0.117. The van der Waals surface area contributed by atoms with Crippen LogP contribution in [0.15, 0.2) is 18.3 Å². The molecule has 0 fully saturated rings. The second-order valence-corrected chi connectivity index (χ2v) is 6.24. The van der Waals surface area contributed by atoms with Gasteiger partial charge in [0.2, 0.25) is 0 Å². The van der Waals surface area contributed by atoms with E-state index >= 15 is 0 Å². The lowest BCUT2D eigenvalue weighted by molar-refractivity contribution is 0.0593. The number of nitrogen functional groups attached to an aromatic ring is 1. The number of ether oxygens (including phenoxy) is 2. The number of esters is 1. The number of hydrogen-bond acceptors (Lipinski definition) is 7. The summed E-state index contributed by atoms with van der Waals surface area (Å²) >= 11 is 1.52. The summed E-state index contributed by atoms with van der Waals surface area (Å²) in [6, 6.07) is 5.62. The summed E-state index contributed by atoms with van der Waals surface area (Å²) in [7, 11) is 2.79. The van der Waals surface area contributed by atoms with E-state index in [9.17, 15) is 10.1 Å². The minimum absolute atomic E-state index is 0.0759. The monoisotopic (exact) mass is 342 g/mol. The molecule has 0 amide bonds. The molecule has 122 valence electrons. The number of carbonyl (C=O) groups excluding carboxylic acids is 1. The molecule has 1 aromatic carbocycles. The molecule has 7 nitrogen and oxygen atoms in total. The van der Waals surface area contributed by atoms with Gasteiger partial charge in [0.1, 0.15) is 11.8 Å². The summed E-state index contributed by atoms with van der Waals surface area (Å²) in [4.78, 5) is 16.6. The van der Waals surface area contributed by atoms with Crippen LogP contribution in [0.4, 0.5) is 5.69 Å². The molecule has 0 aliphatic rings. The second-order valence-electron chi connectivity index (χ2n) is 5.00. The first kappa shape index (κ1) is 15.8. The Morgan fingerprint density at radius 1 is 1.42 bits per heavy atom. The Kier molecular flexibility index (Phi) is 3.87. The van der Waals surface area contributed by atoms with Crippen molar-refractivity contribution in [3.8, 4) is 17.5 Å². The Morgan fingerprint density at radius 2 is 2.17 bits per heavy atom. The maximum absolute atomic E-state index is 12.1. The molecule has 2 aromatic heterocycles. The molecular formula is C16H14N4O3S. The Bertz CT molecular complexity index is 997. The average molecular weight is 342 g/mol. The lowest BCUT2D eigenvalue weighted by Gasteiger charge is -2.12. The van der Waals surface area contributed by atoms with Gasteiger partial charge >= 0.3 is 5.97 Å². The Hall–Kier alpha value is -3.05. The van der Waals surface area contributed by atoms with Gasteiger partial charge in [-0.05, 0) is 13.0 Å². The van der Waals surface area contributed by atoms with E-state index in [2.05, 4.69) is 4.98 Å². The van der Waals surface area contributed by atoms with Gasteiger partial charge < -0.3 is 19.8 Å². The van der Waals surface area contributed by atoms with Gasteiger partial charge in [0.25, 0.3) is 0 Å². The molecule has 0 saturated heterocycles. The first-order valence-corrected chi connectivity index (χ1v) is 7.76. The summed E-state index contributed by atoms with van der Waals surface area (Å²) < 4.78 is 12.7. The van der Waals surface area contributed by atoms with Crippen molar-refractivity contribution in [1.29, 1.82) is 5.26 Å². The van der Waals surface area contributed by atoms with E-state index in [1.54, 1.807) is 6.07 Å². The van der Waals surface area contributed by atoms with Crippen LogP contribution in [0.25, 0.3) is 15.9 Å². The van der Waals surface area contributed by atoms with E-state index in [1.165, 1.54) is 36.3 Å². The van der Waals surface area contributed by atoms with Crippen molar-refractivity contribution < 1.29 is 14.3 Å². The van der Waals surface area contributed by atoms with Crippen LogP contribution in [-0.2, 0) is 4.74 Å². The van der Waals surface area contributed by atoms with Crippen LogP contribution >= 0.6 is 11.3 Å². The maximum atomic E-state index is 12.1. The Morgan fingerprint density at radius 3 is 2.79 bits per heavy atom. The van der Waals surface area contributed by atoms with Gasteiger partial charge in [-0.1, -0.05) is 0 Å². The number of nitrogens with zero attached hydrogens (tertiary/aromatic N) is 3. The summed E-state index contributed by atoms with van der Waals surface area (Å²) in [5, 5.41) is 10.1. The number of fused-ring (bicyclic) bond motifs is 1. The molecular weight excluding hydrogens is 328 g/mol. The Balaban J connectivity index is 2.34. The van der Waals surface area contributed by atoms with Crippen molar-refractivity contribution in [3.05, 3.63) is 34.6 Å². The van der Waals surface area contributed by atoms with Crippen LogP contribution in [0.5, 0.6) is 5.75 Å². The van der Waals surface area contributed by atoms with E-state index in [1.807, 2.05) is 19.1 Å². The van der Waals surface area contributed by atoms with Crippen LogP contribution in [0.1, 0.15) is 21.1 Å². The fraction of sp³-hybridized carbons (Fsp3) is 0.188. The number of thiazole rings is 1. The fourth-order valence-corrected chi connectivity index (χ4v) is 3.36. The predicted molar refractivity (Wildman–Crippen MR) is 90.7 cm³/mol. The van der Waals surface area contributed by atoms with Crippen molar-refractivity contribution in [3.63, 3.8) is 0 Å². The molecule has 3 aromatic rings. The molecule has 0 aliphatic carbocycles. The molecule has 0 aliphatic heterocycles. The second kappa shape index (κ2) is 5.86. The van der Waals surface area contributed by atoms with Gasteiger partial charge in [-0.25, -0.2) is 9.78 Å². The molecule has 24 heavy (non-hydrogen) atoms. The Labute approximate surface area is 141 Å². The summed E-state index contributed by atoms with van der Waals surface area (Å²) in [6.07, 6.45) is 1.50. The third-order valence-corrected chi connectivity index (χ3v) is 4.53. The molecule has 0 bridgehead atoms. The number of hydrogen-bond donors (Lipinski definition) is 1. The van der Waals surface area contributed by atoms with Gasteiger partial charge in [0.15, 0.2) is 5.69 Å². The van der Waals surface area contributed by atoms with Gasteiger partial charge in [0.05, 0.1) is 46.4 Å². The van der Waals surface area contributed by atoms with Crippen molar-refractivity contribution >= 4 is 33.2 Å². The number of nitriles is 1. The SMILES string of the molecule is COC(=O)c1c(N)c(C#N)cn1-c1cc2sc(C)nc2cc1OC. The van der Waals surface area contributed by atoms with Crippen molar-refractivity contribution in [1.82, 2.24) is 9.55 Å². The zero-order valence-corrected chi connectivity index (χ0v) is 14.1. The number of aryl methyl sites for hydroxylation is 1. The highest BCUT2D eigenvalue weighted by molar-refractivity contribution is 7.18. The molecule has 0 unspecified atom stereocenters. The van der Waals surface area contributed by atoms with Crippen molar-refractivity contribution in [2.45, 2.75) is 6.92 Å². The highest BCUT2D eigenvalue weighted by Gasteiger charge is 2.24. The topological polar surface area (TPSA) is 103 Å². The van der Waals surface area contributed by atoms with E-state index in [4.69, 9.17) is 15.2 Å². The molecule has 2 heterocycles. The first-order valence-electron chi connectivity index (χ1n) is 6.95. The third-order valence-electron chi connectivity index (χ3n) is 3.60. The van der Waals surface area contributed by atoms with Crippen molar-refractivity contribution in [2.75, 3.05) is 20.0 Å². The molecule has 0 atom stereocenters. The van der Waals surface area contributed by atoms with Crippen LogP contribution in [-0.4, -0.2) is 29.7 Å². The predicted octanol–water partition coefficient (Wildman–Crippen LogP) is 2.64. The number of nitrogens with two attached hydrogens (primary N) is 1. The zero-order chi connectivity index (χ0) is 17.4. The molecule has 2 N–H and O–H groups in total. The number of methoxy groups -OCH3 is 2. The number of aromatic nitrogens is 2. The number of rotatable bonds is 3. The normalized spacial score (nSPS) is 10.6. The smallest absolute Gasteiger partial charge is 0.357 e. The van der Waals surface area contributed by atoms with Gasteiger partial charge in [0, 0.05) is 12.3 Å².